The number of barbiturate groups is 1. The SMILES string of the molecule is CCCCCCCCCCCCC1C(=O)NC(=O)NC1=O. The molecule has 0 bridgehead atoms. The van der Waals surface area contributed by atoms with Crippen LogP contribution >= 0.6 is 0 Å². The fraction of sp³-hybridized carbons (Fsp3) is 0.812. The molecule has 0 spiro atoms. The molecule has 4 amide bonds. The van der Waals surface area contributed by atoms with Crippen LogP contribution in [0.25, 0.3) is 0 Å². The number of nitrogens with one attached hydrogen (secondary N) is 2. The summed E-state index contributed by atoms with van der Waals surface area (Å²) < 4.78 is 0. The molecule has 1 heterocycles. The van der Waals surface area contributed by atoms with Crippen molar-refractivity contribution in [2.75, 3.05) is 0 Å². The normalized spacial score (nSPS) is 16.0. The Bertz CT molecular complexity index is 335. The molecule has 0 saturated carbocycles. The van der Waals surface area contributed by atoms with E-state index in [0.717, 1.165) is 19.3 Å². The number of unbranched alkanes of at least 4 members (excludes halogenated alkanes) is 9. The zero-order chi connectivity index (χ0) is 15.5. The fourth-order valence-corrected chi connectivity index (χ4v) is 2.65. The third-order valence-electron chi connectivity index (χ3n) is 3.95. The van der Waals surface area contributed by atoms with Crippen LogP contribution in [0.15, 0.2) is 0 Å². The molecule has 1 saturated heterocycles. The maximum atomic E-state index is 11.5. The Morgan fingerprint density at radius 3 is 1.62 bits per heavy atom. The molecule has 5 heteroatoms. The van der Waals surface area contributed by atoms with Gasteiger partial charge in [-0.25, -0.2) is 4.79 Å². The lowest BCUT2D eigenvalue weighted by Crippen LogP contribution is -2.55. The topological polar surface area (TPSA) is 75.3 Å². The highest BCUT2D eigenvalue weighted by atomic mass is 16.2. The van der Waals surface area contributed by atoms with Gasteiger partial charge in [0.05, 0.1) is 0 Å². The second-order valence-electron chi connectivity index (χ2n) is 5.83. The maximum absolute atomic E-state index is 11.5. The minimum absolute atomic E-state index is 0.459. The first-order valence-corrected chi connectivity index (χ1v) is 8.31. The number of carbonyl (C=O) groups is 3. The van der Waals surface area contributed by atoms with Crippen LogP contribution in [0.2, 0.25) is 0 Å². The van der Waals surface area contributed by atoms with E-state index in [9.17, 15) is 14.4 Å². The van der Waals surface area contributed by atoms with Crippen molar-refractivity contribution in [3.8, 4) is 0 Å². The number of amides is 4. The van der Waals surface area contributed by atoms with Crippen molar-refractivity contribution in [3.05, 3.63) is 0 Å². The van der Waals surface area contributed by atoms with E-state index in [2.05, 4.69) is 17.6 Å². The van der Waals surface area contributed by atoms with Gasteiger partial charge in [-0.2, -0.15) is 0 Å². The Kier molecular flexibility index (Phi) is 8.71. The minimum atomic E-state index is -0.704. The van der Waals surface area contributed by atoms with Crippen LogP contribution in [0.1, 0.15) is 77.6 Å². The molecule has 0 atom stereocenters. The van der Waals surface area contributed by atoms with Gasteiger partial charge in [-0.1, -0.05) is 71.1 Å². The first-order valence-electron chi connectivity index (χ1n) is 8.31. The van der Waals surface area contributed by atoms with Gasteiger partial charge < -0.3 is 0 Å². The molecule has 5 nitrogen and oxygen atoms in total. The summed E-state index contributed by atoms with van der Waals surface area (Å²) in [6, 6.07) is -0.704. The molecule has 2 N–H and O–H groups in total. The van der Waals surface area contributed by atoms with E-state index < -0.39 is 23.8 Å². The summed E-state index contributed by atoms with van der Waals surface area (Å²) in [5.41, 5.74) is 0. The molecule has 1 fully saturated rings. The molecule has 1 aliphatic rings. The highest BCUT2D eigenvalue weighted by Crippen LogP contribution is 2.15. The van der Waals surface area contributed by atoms with E-state index in [-0.39, 0.29) is 0 Å². The van der Waals surface area contributed by atoms with Crippen LogP contribution in [-0.4, -0.2) is 17.8 Å². The van der Waals surface area contributed by atoms with Gasteiger partial charge in [0, 0.05) is 0 Å². The van der Waals surface area contributed by atoms with E-state index in [1.807, 2.05) is 0 Å². The number of hydrogen-bond acceptors (Lipinski definition) is 3. The van der Waals surface area contributed by atoms with Gasteiger partial charge in [-0.3, -0.25) is 20.2 Å². The fourth-order valence-electron chi connectivity index (χ4n) is 2.65. The van der Waals surface area contributed by atoms with Crippen LogP contribution in [0.3, 0.4) is 0 Å². The molecule has 0 unspecified atom stereocenters. The van der Waals surface area contributed by atoms with Gasteiger partial charge in [-0.05, 0) is 6.42 Å². The molecule has 0 aromatic rings. The van der Waals surface area contributed by atoms with Crippen LogP contribution in [0, 0.1) is 5.92 Å². The van der Waals surface area contributed by atoms with E-state index in [1.54, 1.807) is 0 Å². The lowest BCUT2D eigenvalue weighted by atomic mass is 9.97. The third-order valence-corrected chi connectivity index (χ3v) is 3.95. The lowest BCUT2D eigenvalue weighted by molar-refractivity contribution is -0.136. The van der Waals surface area contributed by atoms with Crippen molar-refractivity contribution < 1.29 is 14.4 Å². The molecule has 0 aromatic carbocycles. The zero-order valence-electron chi connectivity index (χ0n) is 13.1. The Labute approximate surface area is 127 Å². The van der Waals surface area contributed by atoms with Crippen molar-refractivity contribution in [3.63, 3.8) is 0 Å². The van der Waals surface area contributed by atoms with E-state index in [4.69, 9.17) is 0 Å². The summed E-state index contributed by atoms with van der Waals surface area (Å²) in [5, 5.41) is 4.27. The number of hydrogen-bond donors (Lipinski definition) is 2. The van der Waals surface area contributed by atoms with Crippen molar-refractivity contribution >= 4 is 17.8 Å². The number of imide groups is 2. The average Bonchev–Trinajstić information content (AvgIpc) is 2.43. The van der Waals surface area contributed by atoms with Gasteiger partial charge in [0.1, 0.15) is 5.92 Å². The second kappa shape index (κ2) is 10.4. The standard InChI is InChI=1S/C16H28N2O3/c1-2-3-4-5-6-7-8-9-10-11-12-13-14(19)17-16(21)18-15(13)20/h13H,2-12H2,1H3,(H2,17,18,19,20,21). The zero-order valence-corrected chi connectivity index (χ0v) is 13.1. The van der Waals surface area contributed by atoms with Crippen molar-refractivity contribution in [2.45, 2.75) is 77.6 Å². The maximum Gasteiger partial charge on any atom is 0.328 e. The van der Waals surface area contributed by atoms with Crippen LogP contribution < -0.4 is 10.6 Å². The molecule has 120 valence electrons. The largest absolute Gasteiger partial charge is 0.328 e. The predicted molar refractivity (Wildman–Crippen MR) is 81.6 cm³/mol. The van der Waals surface area contributed by atoms with Gasteiger partial charge in [0.25, 0.3) is 0 Å². The van der Waals surface area contributed by atoms with E-state index in [1.165, 1.54) is 44.9 Å². The van der Waals surface area contributed by atoms with Gasteiger partial charge >= 0.3 is 6.03 Å². The molecular weight excluding hydrogens is 268 g/mol. The van der Waals surface area contributed by atoms with Crippen LogP contribution in [-0.2, 0) is 9.59 Å². The smallest absolute Gasteiger partial charge is 0.277 e. The summed E-state index contributed by atoms with van der Waals surface area (Å²) in [4.78, 5) is 33.9. The molecule has 1 aliphatic heterocycles. The average molecular weight is 296 g/mol. The van der Waals surface area contributed by atoms with Gasteiger partial charge in [-0.15, -0.1) is 0 Å². The summed E-state index contributed by atoms with van der Waals surface area (Å²) in [7, 11) is 0. The van der Waals surface area contributed by atoms with Crippen LogP contribution in [0.4, 0.5) is 4.79 Å². The van der Waals surface area contributed by atoms with Gasteiger partial charge in [0.2, 0.25) is 11.8 Å². The van der Waals surface area contributed by atoms with Crippen molar-refractivity contribution in [1.82, 2.24) is 10.6 Å². The second-order valence-corrected chi connectivity index (χ2v) is 5.83. The number of carbonyl (C=O) groups excluding carboxylic acids is 3. The molecular formula is C16H28N2O3. The molecule has 1 rings (SSSR count). The van der Waals surface area contributed by atoms with E-state index in [0.29, 0.717) is 6.42 Å². The molecule has 21 heavy (non-hydrogen) atoms. The summed E-state index contributed by atoms with van der Waals surface area (Å²) in [5.74, 6) is -1.61. The molecule has 0 radical (unpaired) electrons. The minimum Gasteiger partial charge on any atom is -0.277 e. The van der Waals surface area contributed by atoms with E-state index >= 15 is 0 Å². The Balaban J connectivity index is 1.98. The summed E-state index contributed by atoms with van der Waals surface area (Å²) >= 11 is 0. The Morgan fingerprint density at radius 1 is 0.714 bits per heavy atom. The number of rotatable bonds is 11. The Hall–Kier alpha value is -1.39. The highest BCUT2D eigenvalue weighted by molar-refractivity contribution is 6.16. The molecule has 0 aromatic heterocycles. The Morgan fingerprint density at radius 2 is 1.14 bits per heavy atom. The monoisotopic (exact) mass is 296 g/mol. The first kappa shape index (κ1) is 17.7. The third kappa shape index (κ3) is 7.25. The van der Waals surface area contributed by atoms with Crippen LogP contribution in [0.5, 0.6) is 0 Å². The van der Waals surface area contributed by atoms with Crippen molar-refractivity contribution in [1.29, 1.82) is 0 Å². The lowest BCUT2D eigenvalue weighted by Gasteiger charge is -2.20. The first-order chi connectivity index (χ1) is 10.1. The predicted octanol–water partition coefficient (Wildman–Crippen LogP) is 3.28. The molecule has 0 aliphatic carbocycles. The summed E-state index contributed by atoms with van der Waals surface area (Å²) in [6.45, 7) is 2.22. The summed E-state index contributed by atoms with van der Waals surface area (Å²) in [6.07, 6.45) is 12.7. The van der Waals surface area contributed by atoms with Gasteiger partial charge in [0.15, 0.2) is 0 Å². The van der Waals surface area contributed by atoms with Crippen molar-refractivity contribution in [2.24, 2.45) is 5.92 Å². The highest BCUT2D eigenvalue weighted by Gasteiger charge is 2.33. The quantitative estimate of drug-likeness (QED) is 0.454. The number of urea groups is 1.